The minimum Gasteiger partial charge on any atom is -0.394 e. The minimum absolute atomic E-state index is 0.0889. The van der Waals surface area contributed by atoms with E-state index in [0.29, 0.717) is 0 Å². The van der Waals surface area contributed by atoms with Gasteiger partial charge >= 0.3 is 0 Å². The Kier molecular flexibility index (Phi) is 11.5. The summed E-state index contributed by atoms with van der Waals surface area (Å²) in [4.78, 5) is 0. The molecule has 0 aromatic rings. The Hall–Kier alpha value is -0.760. The van der Waals surface area contributed by atoms with Gasteiger partial charge in [-0.2, -0.15) is 0 Å². The molecule has 0 spiro atoms. The zero-order chi connectivity index (χ0) is 31.0. The van der Waals surface area contributed by atoms with Crippen molar-refractivity contribution in [1.82, 2.24) is 0 Å². The van der Waals surface area contributed by atoms with Gasteiger partial charge in [-0.1, -0.05) is 0 Å². The summed E-state index contributed by atoms with van der Waals surface area (Å²) in [5.74, 6) is 0. The summed E-state index contributed by atoms with van der Waals surface area (Å²) in [7, 11) is 0. The van der Waals surface area contributed by atoms with Crippen LogP contribution in [0.4, 0.5) is 0 Å². The van der Waals surface area contributed by atoms with E-state index in [0.717, 1.165) is 0 Å². The molecule has 19 atom stereocenters. The molecule has 4 aliphatic rings. The minimum atomic E-state index is -1.60. The van der Waals surface area contributed by atoms with Crippen LogP contribution in [0.5, 0.6) is 0 Å². The normalized spacial score (nSPS) is 53.8. The fourth-order valence-corrected chi connectivity index (χ4v) is 5.74. The summed E-state index contributed by atoms with van der Waals surface area (Å²) in [5, 5.41) is 73.0. The van der Waals surface area contributed by atoms with Crippen LogP contribution in [0.15, 0.2) is 0 Å². The van der Waals surface area contributed by atoms with Gasteiger partial charge in [-0.15, -0.1) is 0 Å². The summed E-state index contributed by atoms with van der Waals surface area (Å²) >= 11 is 0. The number of hydrogen-bond acceptors (Lipinski definition) is 19. The SMILES string of the molecule is NC[C@@H]1OC(O[C@H]2[C@H](O)[C@H](O[C@H]3[C@@H](O)[C@H](N)C[C@H](N)[C@H]3O[C@H]3O[C@H](CN)[C@H](O)[C@H](O)[C@H]3N)O[C@@H]2CO)[C@@H](N)[C@@H](O)[C@@H]1O. The number of aliphatic hydroxyl groups is 7. The average Bonchev–Trinajstić information content (AvgIpc) is 3.27. The van der Waals surface area contributed by atoms with Crippen molar-refractivity contribution < 1.29 is 64.2 Å². The van der Waals surface area contributed by atoms with Gasteiger partial charge in [-0.05, 0) is 6.42 Å². The molecular formula is C23H46N6O13. The van der Waals surface area contributed by atoms with Crippen LogP contribution in [0.3, 0.4) is 0 Å². The van der Waals surface area contributed by atoms with E-state index in [1.165, 1.54) is 0 Å². The van der Waals surface area contributed by atoms with E-state index in [1.807, 2.05) is 0 Å². The van der Waals surface area contributed by atoms with E-state index < -0.39 is 123 Å². The molecule has 3 aliphatic heterocycles. The lowest BCUT2D eigenvalue weighted by molar-refractivity contribution is -0.306. The summed E-state index contributed by atoms with van der Waals surface area (Å²) in [6.07, 6.45) is -19.8. The molecule has 0 bridgehead atoms. The van der Waals surface area contributed by atoms with Crippen molar-refractivity contribution in [3.8, 4) is 0 Å². The maximum absolute atomic E-state index is 11.1. The molecule has 1 aliphatic carbocycles. The quantitative estimate of drug-likeness (QED) is 0.115. The van der Waals surface area contributed by atoms with Crippen molar-refractivity contribution in [3.05, 3.63) is 0 Å². The largest absolute Gasteiger partial charge is 0.394 e. The standard InChI is InChI=1S/C23H46N6O13/c24-2-7-13(32)15(34)10(28)21(37-7)40-18-6(27)1-5(26)12(31)20(18)42-23-17(36)19(9(4-30)39-23)41-22-11(29)16(35)14(33)8(3-25)38-22/h5-23,30-36H,1-4,24-29H2/t5-,6+,7-,8+,9-,10-,11+,12+,13+,14-,15-,16-,17+,18-,19-,20+,21-,22?,23+/m1/s1. The fourth-order valence-electron chi connectivity index (χ4n) is 5.74. The summed E-state index contributed by atoms with van der Waals surface area (Å²) in [6, 6.07) is -4.18. The molecular weight excluding hydrogens is 568 g/mol. The number of nitrogens with two attached hydrogens (primary N) is 6. The van der Waals surface area contributed by atoms with Gasteiger partial charge in [0.15, 0.2) is 18.9 Å². The lowest BCUT2D eigenvalue weighted by Crippen LogP contribution is -2.68. The molecule has 0 amide bonds. The van der Waals surface area contributed by atoms with Crippen molar-refractivity contribution in [3.63, 3.8) is 0 Å². The van der Waals surface area contributed by atoms with Gasteiger partial charge in [-0.25, -0.2) is 0 Å². The maximum atomic E-state index is 11.1. The first-order valence-electron chi connectivity index (χ1n) is 13.9. The monoisotopic (exact) mass is 614 g/mol. The van der Waals surface area contributed by atoms with Crippen molar-refractivity contribution in [2.45, 2.75) is 123 Å². The van der Waals surface area contributed by atoms with Gasteiger partial charge in [0.25, 0.3) is 0 Å². The third-order valence-corrected chi connectivity index (χ3v) is 8.37. The third kappa shape index (κ3) is 6.60. The van der Waals surface area contributed by atoms with Gasteiger partial charge in [0.05, 0.1) is 24.8 Å². The zero-order valence-electron chi connectivity index (χ0n) is 22.8. The Labute approximate surface area is 241 Å². The fraction of sp³-hybridized carbons (Fsp3) is 1.00. The Balaban J connectivity index is 1.50. The highest BCUT2D eigenvalue weighted by molar-refractivity contribution is 5.02. The van der Waals surface area contributed by atoms with Gasteiger partial charge in [-0.3, -0.25) is 0 Å². The van der Waals surface area contributed by atoms with Crippen LogP contribution in [-0.2, 0) is 28.4 Å². The molecule has 3 heterocycles. The van der Waals surface area contributed by atoms with Gasteiger partial charge < -0.3 is 98.6 Å². The van der Waals surface area contributed by atoms with E-state index >= 15 is 0 Å². The lowest BCUT2D eigenvalue weighted by atomic mass is 9.84. The summed E-state index contributed by atoms with van der Waals surface area (Å²) in [5.41, 5.74) is 35.6. The molecule has 19 N–H and O–H groups in total. The molecule has 3 saturated heterocycles. The van der Waals surface area contributed by atoms with Crippen LogP contribution < -0.4 is 34.4 Å². The van der Waals surface area contributed by atoms with Gasteiger partial charge in [0.1, 0.15) is 67.1 Å². The topological polar surface area (TPSA) is 353 Å². The number of hydrogen-bond donors (Lipinski definition) is 13. The molecule has 1 saturated carbocycles. The Morgan fingerprint density at radius 1 is 0.524 bits per heavy atom. The van der Waals surface area contributed by atoms with Crippen LogP contribution >= 0.6 is 0 Å². The average molecular weight is 615 g/mol. The molecule has 19 nitrogen and oxygen atoms in total. The molecule has 0 aromatic heterocycles. The highest BCUT2D eigenvalue weighted by atomic mass is 16.8. The predicted octanol–water partition coefficient (Wildman–Crippen LogP) is -8.90. The number of aliphatic hydroxyl groups excluding tert-OH is 7. The summed E-state index contributed by atoms with van der Waals surface area (Å²) in [6.45, 7) is -0.967. The van der Waals surface area contributed by atoms with Gasteiger partial charge in [0, 0.05) is 25.2 Å². The zero-order valence-corrected chi connectivity index (χ0v) is 22.8. The maximum Gasteiger partial charge on any atom is 0.187 e. The van der Waals surface area contributed by atoms with Crippen LogP contribution in [0.2, 0.25) is 0 Å². The van der Waals surface area contributed by atoms with Crippen LogP contribution in [-0.4, -0.2) is 172 Å². The van der Waals surface area contributed by atoms with E-state index in [2.05, 4.69) is 0 Å². The molecule has 0 radical (unpaired) electrons. The molecule has 4 fully saturated rings. The Morgan fingerprint density at radius 2 is 0.976 bits per heavy atom. The van der Waals surface area contributed by atoms with Crippen molar-refractivity contribution in [2.24, 2.45) is 34.4 Å². The van der Waals surface area contributed by atoms with E-state index in [-0.39, 0.29) is 19.5 Å². The third-order valence-electron chi connectivity index (χ3n) is 8.37. The van der Waals surface area contributed by atoms with E-state index in [9.17, 15) is 35.7 Å². The highest BCUT2D eigenvalue weighted by Gasteiger charge is 2.54. The molecule has 1 unspecified atom stereocenters. The molecule has 19 heteroatoms. The second kappa shape index (κ2) is 14.1. The first-order valence-corrected chi connectivity index (χ1v) is 13.9. The Morgan fingerprint density at radius 3 is 1.45 bits per heavy atom. The van der Waals surface area contributed by atoms with Crippen LogP contribution in [0.1, 0.15) is 6.42 Å². The van der Waals surface area contributed by atoms with Crippen molar-refractivity contribution in [2.75, 3.05) is 19.7 Å². The van der Waals surface area contributed by atoms with Gasteiger partial charge in [0.2, 0.25) is 0 Å². The van der Waals surface area contributed by atoms with Crippen molar-refractivity contribution >= 4 is 0 Å². The predicted molar refractivity (Wildman–Crippen MR) is 138 cm³/mol. The van der Waals surface area contributed by atoms with E-state index in [4.69, 9.17) is 62.8 Å². The van der Waals surface area contributed by atoms with Crippen LogP contribution in [0, 0.1) is 0 Å². The number of rotatable bonds is 9. The molecule has 4 rings (SSSR count). The van der Waals surface area contributed by atoms with Crippen LogP contribution in [0.25, 0.3) is 0 Å². The van der Waals surface area contributed by atoms with E-state index in [1.54, 1.807) is 0 Å². The Bertz CT molecular complexity index is 868. The lowest BCUT2D eigenvalue weighted by Gasteiger charge is -2.47. The van der Waals surface area contributed by atoms with Crippen molar-refractivity contribution in [1.29, 1.82) is 0 Å². The summed E-state index contributed by atoms with van der Waals surface area (Å²) < 4.78 is 34.6. The molecule has 246 valence electrons. The number of ether oxygens (including phenoxy) is 6. The molecule has 0 aromatic carbocycles. The first-order chi connectivity index (χ1) is 19.8. The molecule has 42 heavy (non-hydrogen) atoms. The second-order valence-corrected chi connectivity index (χ2v) is 11.2. The smallest absolute Gasteiger partial charge is 0.187 e. The first kappa shape index (κ1) is 34.1. The second-order valence-electron chi connectivity index (χ2n) is 11.2. The highest BCUT2D eigenvalue weighted by Crippen LogP contribution is 2.34.